The van der Waals surface area contributed by atoms with E-state index in [2.05, 4.69) is 31.9 Å². The summed E-state index contributed by atoms with van der Waals surface area (Å²) >= 11 is 13.1. The van der Waals surface area contributed by atoms with E-state index in [4.69, 9.17) is 21.1 Å². The molecule has 0 aliphatic carbocycles. The lowest BCUT2D eigenvalue weighted by Crippen LogP contribution is -1.99. The van der Waals surface area contributed by atoms with E-state index in [1.807, 2.05) is 6.07 Å². The van der Waals surface area contributed by atoms with Crippen molar-refractivity contribution in [2.24, 2.45) is 0 Å². The summed E-state index contributed by atoms with van der Waals surface area (Å²) in [4.78, 5) is -0.283. The van der Waals surface area contributed by atoms with Gasteiger partial charge in [0.1, 0.15) is 5.82 Å². The molecule has 0 radical (unpaired) electrons. The van der Waals surface area contributed by atoms with E-state index in [1.165, 1.54) is 6.07 Å². The first-order chi connectivity index (χ1) is 9.99. The van der Waals surface area contributed by atoms with Gasteiger partial charge < -0.3 is 9.47 Å². The van der Waals surface area contributed by atoms with Crippen molar-refractivity contribution in [2.75, 3.05) is 14.2 Å². The van der Waals surface area contributed by atoms with Gasteiger partial charge in [0.05, 0.1) is 24.1 Å². The number of ether oxygens (including phenoxy) is 2. The Labute approximate surface area is 144 Å². The minimum atomic E-state index is -0.449. The second-order valence-corrected chi connectivity index (χ2v) is 6.38. The van der Waals surface area contributed by atoms with Gasteiger partial charge in [0.2, 0.25) is 0 Å². The highest BCUT2D eigenvalue weighted by molar-refractivity contribution is 9.11. The maximum absolute atomic E-state index is 13.6. The van der Waals surface area contributed by atoms with E-state index in [0.717, 1.165) is 10.0 Å². The summed E-state index contributed by atoms with van der Waals surface area (Å²) in [5.74, 6) is 0.751. The summed E-state index contributed by atoms with van der Waals surface area (Å²) < 4.78 is 25.0. The standard InChI is InChI=1S/C15H12Br2ClFO2/c1-20-12-6-9(10(16)7-13(12)21-2)14(17)8-4-3-5-11(19)15(8)18/h3-7,14H,1-2H3. The zero-order valence-electron chi connectivity index (χ0n) is 11.3. The Hall–Kier alpha value is -0.780. The van der Waals surface area contributed by atoms with Crippen LogP contribution in [-0.2, 0) is 0 Å². The van der Waals surface area contributed by atoms with E-state index in [0.29, 0.717) is 17.1 Å². The lowest BCUT2D eigenvalue weighted by Gasteiger charge is -2.17. The highest BCUT2D eigenvalue weighted by atomic mass is 79.9. The molecule has 0 spiro atoms. The predicted molar refractivity (Wildman–Crippen MR) is 89.4 cm³/mol. The van der Waals surface area contributed by atoms with Crippen molar-refractivity contribution in [3.63, 3.8) is 0 Å². The summed E-state index contributed by atoms with van der Waals surface area (Å²) in [6, 6.07) is 8.35. The summed E-state index contributed by atoms with van der Waals surface area (Å²) in [5.41, 5.74) is 1.50. The van der Waals surface area contributed by atoms with Crippen molar-refractivity contribution >= 4 is 43.5 Å². The number of hydrogen-bond acceptors (Lipinski definition) is 2. The van der Waals surface area contributed by atoms with Crippen molar-refractivity contribution in [1.29, 1.82) is 0 Å². The van der Waals surface area contributed by atoms with Gasteiger partial charge in [0.15, 0.2) is 11.5 Å². The third-order valence-corrected chi connectivity index (χ3v) is 5.10. The third-order valence-electron chi connectivity index (χ3n) is 3.03. The van der Waals surface area contributed by atoms with Gasteiger partial charge in [-0.2, -0.15) is 0 Å². The van der Waals surface area contributed by atoms with Gasteiger partial charge in [-0.1, -0.05) is 55.6 Å². The molecule has 21 heavy (non-hydrogen) atoms. The van der Waals surface area contributed by atoms with Crippen molar-refractivity contribution in [3.05, 3.63) is 56.8 Å². The van der Waals surface area contributed by atoms with Gasteiger partial charge in [-0.15, -0.1) is 0 Å². The van der Waals surface area contributed by atoms with E-state index in [9.17, 15) is 4.39 Å². The Bertz CT molecular complexity index is 664. The third kappa shape index (κ3) is 3.35. The maximum Gasteiger partial charge on any atom is 0.161 e. The van der Waals surface area contributed by atoms with Crippen molar-refractivity contribution < 1.29 is 13.9 Å². The molecule has 0 bridgehead atoms. The minimum Gasteiger partial charge on any atom is -0.493 e. The van der Waals surface area contributed by atoms with Gasteiger partial charge in [0.25, 0.3) is 0 Å². The molecule has 6 heteroatoms. The van der Waals surface area contributed by atoms with Crippen LogP contribution >= 0.6 is 43.5 Å². The summed E-state index contributed by atoms with van der Waals surface area (Å²) in [5, 5.41) is 0.0982. The summed E-state index contributed by atoms with van der Waals surface area (Å²) in [6.07, 6.45) is 0. The Morgan fingerprint density at radius 1 is 1.10 bits per heavy atom. The van der Waals surface area contributed by atoms with Crippen molar-refractivity contribution in [3.8, 4) is 11.5 Å². The number of hydrogen-bond donors (Lipinski definition) is 0. The molecular weight excluding hydrogens is 426 g/mol. The first-order valence-corrected chi connectivity index (χ1v) is 8.07. The van der Waals surface area contributed by atoms with Gasteiger partial charge >= 0.3 is 0 Å². The first kappa shape index (κ1) is 16.6. The quantitative estimate of drug-likeness (QED) is 0.567. The molecule has 0 saturated carbocycles. The van der Waals surface area contributed by atoms with Crippen LogP contribution in [0.3, 0.4) is 0 Å². The maximum atomic E-state index is 13.6. The molecule has 2 aromatic rings. The smallest absolute Gasteiger partial charge is 0.161 e. The van der Waals surface area contributed by atoms with Crippen LogP contribution < -0.4 is 9.47 Å². The topological polar surface area (TPSA) is 18.5 Å². The lowest BCUT2D eigenvalue weighted by molar-refractivity contribution is 0.354. The van der Waals surface area contributed by atoms with Gasteiger partial charge in [-0.3, -0.25) is 0 Å². The number of rotatable bonds is 4. The van der Waals surface area contributed by atoms with Gasteiger partial charge in [0, 0.05) is 4.47 Å². The van der Waals surface area contributed by atoms with E-state index in [-0.39, 0.29) is 9.85 Å². The normalized spacial score (nSPS) is 12.1. The van der Waals surface area contributed by atoms with Crippen LogP contribution in [0.1, 0.15) is 16.0 Å². The van der Waals surface area contributed by atoms with Gasteiger partial charge in [-0.25, -0.2) is 4.39 Å². The van der Waals surface area contributed by atoms with Crippen LogP contribution in [0.2, 0.25) is 5.02 Å². The molecular formula is C15H12Br2ClFO2. The molecule has 0 fully saturated rings. The largest absolute Gasteiger partial charge is 0.493 e. The van der Waals surface area contributed by atoms with Crippen LogP contribution in [0.15, 0.2) is 34.8 Å². The number of alkyl halides is 1. The average molecular weight is 439 g/mol. The van der Waals surface area contributed by atoms with Gasteiger partial charge in [-0.05, 0) is 29.3 Å². The molecule has 1 unspecified atom stereocenters. The molecule has 0 aromatic heterocycles. The van der Waals surface area contributed by atoms with Crippen LogP contribution in [0.4, 0.5) is 4.39 Å². The molecule has 2 aromatic carbocycles. The average Bonchev–Trinajstić information content (AvgIpc) is 2.49. The fourth-order valence-electron chi connectivity index (χ4n) is 1.95. The van der Waals surface area contributed by atoms with Crippen molar-refractivity contribution in [1.82, 2.24) is 0 Å². The molecule has 2 nitrogen and oxygen atoms in total. The second-order valence-electron chi connectivity index (χ2n) is 4.23. The first-order valence-electron chi connectivity index (χ1n) is 5.99. The molecule has 0 aliphatic heterocycles. The molecule has 0 saturated heterocycles. The Morgan fingerprint density at radius 2 is 1.71 bits per heavy atom. The molecule has 0 amide bonds. The van der Waals surface area contributed by atoms with Crippen LogP contribution in [0.25, 0.3) is 0 Å². The SMILES string of the molecule is COc1cc(Br)c(C(Br)c2cccc(F)c2Cl)cc1OC. The fraction of sp³-hybridized carbons (Fsp3) is 0.200. The highest BCUT2D eigenvalue weighted by Crippen LogP contribution is 2.43. The number of methoxy groups -OCH3 is 2. The lowest BCUT2D eigenvalue weighted by atomic mass is 10.0. The number of benzene rings is 2. The van der Waals surface area contributed by atoms with Crippen molar-refractivity contribution in [2.45, 2.75) is 4.83 Å². The second kappa shape index (κ2) is 6.99. The van der Waals surface area contributed by atoms with E-state index in [1.54, 1.807) is 32.4 Å². The van der Waals surface area contributed by atoms with Crippen LogP contribution in [0, 0.1) is 5.82 Å². The molecule has 1 atom stereocenters. The molecule has 2 rings (SSSR count). The monoisotopic (exact) mass is 436 g/mol. The molecule has 0 aliphatic rings. The van der Waals surface area contributed by atoms with E-state index < -0.39 is 5.82 Å². The Kier molecular flexibility index (Phi) is 5.52. The zero-order chi connectivity index (χ0) is 15.6. The zero-order valence-corrected chi connectivity index (χ0v) is 15.2. The molecule has 112 valence electrons. The Morgan fingerprint density at radius 3 is 2.33 bits per heavy atom. The summed E-state index contributed by atoms with van der Waals surface area (Å²) in [6.45, 7) is 0. The Balaban J connectivity index is 2.53. The van der Waals surface area contributed by atoms with Crippen LogP contribution in [0.5, 0.6) is 11.5 Å². The van der Waals surface area contributed by atoms with E-state index >= 15 is 0 Å². The predicted octanol–water partition coefficient (Wildman–Crippen LogP) is 5.74. The highest BCUT2D eigenvalue weighted by Gasteiger charge is 2.20. The van der Waals surface area contributed by atoms with Crippen LogP contribution in [-0.4, -0.2) is 14.2 Å². The fourth-order valence-corrected chi connectivity index (χ4v) is 3.93. The molecule has 0 heterocycles. The minimum absolute atomic E-state index is 0.0982. The number of halogens is 4. The summed E-state index contributed by atoms with van der Waals surface area (Å²) in [7, 11) is 3.13. The molecule has 0 N–H and O–H groups in total.